The van der Waals surface area contributed by atoms with Crippen LogP contribution in [-0.2, 0) is 25.6 Å². The van der Waals surface area contributed by atoms with Crippen molar-refractivity contribution < 1.29 is 19.2 Å². The minimum atomic E-state index is -0.582. The van der Waals surface area contributed by atoms with Gasteiger partial charge in [-0.05, 0) is 36.6 Å². The number of carbonyl (C=O) groups excluding carboxylic acids is 2. The predicted molar refractivity (Wildman–Crippen MR) is 117 cm³/mol. The number of esters is 1. The molecule has 0 atom stereocenters. The highest BCUT2D eigenvalue weighted by Gasteiger charge is 2.12. The molecule has 0 amide bonds. The maximum Gasteiger partial charge on any atom is 0.331 e. The Morgan fingerprint density at radius 2 is 1.81 bits per heavy atom. The molecule has 0 aliphatic carbocycles. The smallest absolute Gasteiger partial charge is 0.331 e. The van der Waals surface area contributed by atoms with Crippen LogP contribution < -0.4 is 11.1 Å². The van der Waals surface area contributed by atoms with Crippen molar-refractivity contribution in [1.29, 1.82) is 0 Å². The van der Waals surface area contributed by atoms with E-state index in [1.54, 1.807) is 30.3 Å². The van der Waals surface area contributed by atoms with Crippen LogP contribution in [0.4, 0.5) is 0 Å². The second-order valence-corrected chi connectivity index (χ2v) is 6.74. The van der Waals surface area contributed by atoms with Crippen molar-refractivity contribution in [2.75, 3.05) is 12.2 Å². The summed E-state index contributed by atoms with van der Waals surface area (Å²) in [5, 5.41) is 0.407. The lowest BCUT2D eigenvalue weighted by Crippen LogP contribution is -2.34. The van der Waals surface area contributed by atoms with Gasteiger partial charge in [0, 0.05) is 19.4 Å². The molecule has 0 saturated carbocycles. The van der Waals surface area contributed by atoms with Crippen molar-refractivity contribution >= 4 is 28.9 Å². The summed E-state index contributed by atoms with van der Waals surface area (Å²) in [6, 6.07) is 16.4. The Hall–Kier alpha value is -3.94. The molecule has 160 valence electrons. The molecule has 0 spiro atoms. The predicted octanol–water partition coefficient (Wildman–Crippen LogP) is 3.00. The van der Waals surface area contributed by atoms with Gasteiger partial charge < -0.3 is 9.57 Å². The highest BCUT2D eigenvalue weighted by atomic mass is 16.7. The number of hydrogen-bond donors (Lipinski definition) is 1. The van der Waals surface area contributed by atoms with E-state index in [4.69, 9.17) is 9.57 Å². The van der Waals surface area contributed by atoms with Crippen LogP contribution in [0.15, 0.2) is 65.5 Å². The fourth-order valence-electron chi connectivity index (χ4n) is 2.88. The van der Waals surface area contributed by atoms with Crippen LogP contribution in [-0.4, -0.2) is 28.2 Å². The second-order valence-electron chi connectivity index (χ2n) is 6.74. The molecule has 3 rings (SSSR count). The van der Waals surface area contributed by atoms with E-state index < -0.39 is 11.9 Å². The van der Waals surface area contributed by atoms with E-state index in [0.717, 1.165) is 10.2 Å². The quantitative estimate of drug-likeness (QED) is 0.245. The van der Waals surface area contributed by atoms with Crippen molar-refractivity contribution in [3.8, 4) is 0 Å². The summed E-state index contributed by atoms with van der Waals surface area (Å²) in [7, 11) is 0. The lowest BCUT2D eigenvalue weighted by Gasteiger charge is -2.14. The molecular weight excluding hydrogens is 398 g/mol. The first-order valence-electron chi connectivity index (χ1n) is 9.88. The minimum absolute atomic E-state index is 0.243. The zero-order chi connectivity index (χ0) is 22.1. The number of benzene rings is 2. The summed E-state index contributed by atoms with van der Waals surface area (Å²) in [4.78, 5) is 45.0. The van der Waals surface area contributed by atoms with E-state index in [-0.39, 0.29) is 12.2 Å². The first-order chi connectivity index (χ1) is 15.0. The molecule has 0 aliphatic rings. The molecule has 0 bridgehead atoms. The summed E-state index contributed by atoms with van der Waals surface area (Å²) in [5.74, 6) is -0.581. The van der Waals surface area contributed by atoms with Gasteiger partial charge in [-0.25, -0.2) is 14.6 Å². The minimum Gasteiger partial charge on any atom is -0.463 e. The Morgan fingerprint density at radius 3 is 2.58 bits per heavy atom. The fraction of sp³-hybridized carbons (Fsp3) is 0.217. The van der Waals surface area contributed by atoms with Gasteiger partial charge in [-0.2, -0.15) is 4.68 Å². The molecule has 8 nitrogen and oxygen atoms in total. The second kappa shape index (κ2) is 10.7. The maximum atomic E-state index is 12.7. The Kier molecular flexibility index (Phi) is 7.53. The molecule has 3 aromatic rings. The molecule has 1 aromatic heterocycles. The van der Waals surface area contributed by atoms with E-state index >= 15 is 0 Å². The lowest BCUT2D eigenvalue weighted by molar-refractivity contribution is -0.140. The van der Waals surface area contributed by atoms with Crippen molar-refractivity contribution in [2.24, 2.45) is 0 Å². The van der Waals surface area contributed by atoms with Gasteiger partial charge in [0.05, 0.1) is 17.5 Å². The standard InChI is InChI=1S/C23H23N3O5/c1-17(27)31-25-26-21(24-20-12-6-5-11-19(20)23(26)29)13-7-8-16-30-22(28)15-14-18-9-3-2-4-10-18/h2-6,9-12,14-15,25H,7-8,13,16H2,1H3/b15-14+. The molecule has 8 heteroatoms. The van der Waals surface area contributed by atoms with Crippen molar-refractivity contribution in [1.82, 2.24) is 9.66 Å². The third-order valence-corrected chi connectivity index (χ3v) is 4.38. The summed E-state index contributed by atoms with van der Waals surface area (Å²) in [6.45, 7) is 1.47. The molecule has 0 aliphatic heterocycles. The van der Waals surface area contributed by atoms with Gasteiger partial charge in [-0.1, -0.05) is 42.5 Å². The number of unbranched alkanes of at least 4 members (excludes halogenated alkanes) is 1. The van der Waals surface area contributed by atoms with Crippen LogP contribution in [0.2, 0.25) is 0 Å². The van der Waals surface area contributed by atoms with Gasteiger partial charge in [-0.15, -0.1) is 5.59 Å². The summed E-state index contributed by atoms with van der Waals surface area (Å²) < 4.78 is 6.33. The van der Waals surface area contributed by atoms with Gasteiger partial charge in [0.15, 0.2) is 0 Å². The van der Waals surface area contributed by atoms with Gasteiger partial charge in [0.1, 0.15) is 5.82 Å². The average molecular weight is 421 g/mol. The monoisotopic (exact) mass is 421 g/mol. The molecule has 2 aromatic carbocycles. The average Bonchev–Trinajstić information content (AvgIpc) is 2.77. The zero-order valence-electron chi connectivity index (χ0n) is 17.1. The number of hydrogen-bond acceptors (Lipinski definition) is 7. The Bertz CT molecular complexity index is 1140. The molecule has 1 N–H and O–H groups in total. The number of aryl methyl sites for hydroxylation is 1. The maximum absolute atomic E-state index is 12.7. The summed E-state index contributed by atoms with van der Waals surface area (Å²) in [5.41, 5.74) is 3.47. The molecule has 1 heterocycles. The van der Waals surface area contributed by atoms with E-state index in [1.807, 2.05) is 30.3 Å². The number of nitrogens with one attached hydrogen (secondary N) is 1. The Labute approximate surface area is 179 Å². The van der Waals surface area contributed by atoms with Gasteiger partial charge in [-0.3, -0.25) is 4.79 Å². The van der Waals surface area contributed by atoms with Crippen molar-refractivity contribution in [3.05, 3.63) is 82.4 Å². The first-order valence-corrected chi connectivity index (χ1v) is 9.88. The number of carbonyl (C=O) groups is 2. The van der Waals surface area contributed by atoms with E-state index in [2.05, 4.69) is 10.6 Å². The van der Waals surface area contributed by atoms with Gasteiger partial charge in [0.25, 0.3) is 5.56 Å². The van der Waals surface area contributed by atoms with Crippen LogP contribution in [0.1, 0.15) is 31.2 Å². The number of ether oxygens (including phenoxy) is 1. The highest BCUT2D eigenvalue weighted by Crippen LogP contribution is 2.09. The highest BCUT2D eigenvalue weighted by molar-refractivity contribution is 5.87. The summed E-state index contributed by atoms with van der Waals surface area (Å²) >= 11 is 0. The number of fused-ring (bicyclic) bond motifs is 1. The Morgan fingerprint density at radius 1 is 1.06 bits per heavy atom. The van der Waals surface area contributed by atoms with Crippen LogP contribution in [0.3, 0.4) is 0 Å². The molecule has 0 unspecified atom stereocenters. The van der Waals surface area contributed by atoms with Gasteiger partial charge >= 0.3 is 11.9 Å². The van der Waals surface area contributed by atoms with Crippen molar-refractivity contribution in [2.45, 2.75) is 26.2 Å². The molecule has 0 radical (unpaired) electrons. The molecule has 0 saturated heterocycles. The van der Waals surface area contributed by atoms with E-state index in [0.29, 0.717) is 36.0 Å². The van der Waals surface area contributed by atoms with Crippen LogP contribution >= 0.6 is 0 Å². The van der Waals surface area contributed by atoms with E-state index in [1.165, 1.54) is 13.0 Å². The lowest BCUT2D eigenvalue weighted by atomic mass is 10.2. The third-order valence-electron chi connectivity index (χ3n) is 4.38. The summed E-state index contributed by atoms with van der Waals surface area (Å²) in [6.07, 6.45) is 4.71. The van der Waals surface area contributed by atoms with E-state index in [9.17, 15) is 14.4 Å². The number of para-hydroxylation sites is 1. The third kappa shape index (κ3) is 6.27. The molecular formula is C23H23N3O5. The normalized spacial score (nSPS) is 10.9. The van der Waals surface area contributed by atoms with Gasteiger partial charge in [0.2, 0.25) is 0 Å². The number of aromatic nitrogens is 2. The van der Waals surface area contributed by atoms with Crippen LogP contribution in [0.5, 0.6) is 0 Å². The van der Waals surface area contributed by atoms with Crippen LogP contribution in [0, 0.1) is 0 Å². The number of nitrogens with zero attached hydrogens (tertiary/aromatic N) is 2. The molecule has 0 fully saturated rings. The first kappa shape index (κ1) is 21.8. The molecule has 31 heavy (non-hydrogen) atoms. The SMILES string of the molecule is CC(=O)ONn1c(CCCCOC(=O)/C=C/c2ccccc2)nc2ccccc2c1=O. The van der Waals surface area contributed by atoms with Crippen LogP contribution in [0.25, 0.3) is 17.0 Å². The fourth-order valence-corrected chi connectivity index (χ4v) is 2.88. The van der Waals surface area contributed by atoms with Crippen molar-refractivity contribution in [3.63, 3.8) is 0 Å². The Balaban J connectivity index is 1.57. The largest absolute Gasteiger partial charge is 0.463 e. The zero-order valence-corrected chi connectivity index (χ0v) is 17.1. The topological polar surface area (TPSA) is 99.5 Å². The number of rotatable bonds is 9.